The fourth-order valence-electron chi connectivity index (χ4n) is 0.511. The molecule has 0 bridgehead atoms. The Morgan fingerprint density at radius 1 is 1.56 bits per heavy atom. The standard InChI is InChI=1S/C6H6ClN.ClH/c1-5-4-6(7)2-3-8-5;/h2-4H,1H3;1H. The van der Waals surface area contributed by atoms with E-state index in [0.717, 1.165) is 10.7 Å². The molecule has 9 heavy (non-hydrogen) atoms. The van der Waals surface area contributed by atoms with Gasteiger partial charge in [0, 0.05) is 16.9 Å². The van der Waals surface area contributed by atoms with Crippen molar-refractivity contribution in [3.05, 3.63) is 29.0 Å². The van der Waals surface area contributed by atoms with Crippen molar-refractivity contribution in [2.45, 2.75) is 6.92 Å². The fraction of sp³-hybridized carbons (Fsp3) is 0.167. The van der Waals surface area contributed by atoms with Crippen LogP contribution < -0.4 is 0 Å². The molecule has 0 aliphatic rings. The highest BCUT2D eigenvalue weighted by atomic mass is 35.5. The summed E-state index contributed by atoms with van der Waals surface area (Å²) in [5, 5.41) is 0.748. The third kappa shape index (κ3) is 2.68. The summed E-state index contributed by atoms with van der Waals surface area (Å²) < 4.78 is 0. The van der Waals surface area contributed by atoms with E-state index < -0.39 is 0 Å². The molecule has 0 unspecified atom stereocenters. The number of rotatable bonds is 0. The van der Waals surface area contributed by atoms with Crippen LogP contribution in [-0.2, 0) is 0 Å². The van der Waals surface area contributed by atoms with Crippen molar-refractivity contribution in [2.24, 2.45) is 0 Å². The molecule has 0 N–H and O–H groups in total. The Hall–Kier alpha value is -0.270. The second-order valence-corrected chi connectivity index (χ2v) is 2.05. The van der Waals surface area contributed by atoms with Gasteiger partial charge in [-0.05, 0) is 19.1 Å². The summed E-state index contributed by atoms with van der Waals surface area (Å²) in [7, 11) is 0. The van der Waals surface area contributed by atoms with E-state index in [0.29, 0.717) is 0 Å². The quantitative estimate of drug-likeness (QED) is 0.573. The van der Waals surface area contributed by atoms with Crippen LogP contribution in [0.1, 0.15) is 5.69 Å². The summed E-state index contributed by atoms with van der Waals surface area (Å²) in [6, 6.07) is 3.58. The Labute approximate surface area is 65.5 Å². The highest BCUT2D eigenvalue weighted by molar-refractivity contribution is 6.30. The largest absolute Gasteiger partial charge is 0.262 e. The maximum absolute atomic E-state index is 5.60. The van der Waals surface area contributed by atoms with E-state index >= 15 is 0 Å². The van der Waals surface area contributed by atoms with Crippen LogP contribution in [0.3, 0.4) is 0 Å². The van der Waals surface area contributed by atoms with E-state index in [1.54, 1.807) is 12.3 Å². The monoisotopic (exact) mass is 163 g/mol. The van der Waals surface area contributed by atoms with Crippen molar-refractivity contribution >= 4 is 24.0 Å². The molecule has 0 aromatic carbocycles. The van der Waals surface area contributed by atoms with Gasteiger partial charge in [0.05, 0.1) is 0 Å². The van der Waals surface area contributed by atoms with Crippen molar-refractivity contribution in [2.75, 3.05) is 0 Å². The highest BCUT2D eigenvalue weighted by Gasteiger charge is 1.84. The van der Waals surface area contributed by atoms with E-state index in [1.165, 1.54) is 0 Å². The number of aromatic nitrogens is 1. The summed E-state index contributed by atoms with van der Waals surface area (Å²) in [6.45, 7) is 1.91. The van der Waals surface area contributed by atoms with Gasteiger partial charge >= 0.3 is 0 Å². The number of aryl methyl sites for hydroxylation is 1. The highest BCUT2D eigenvalue weighted by Crippen LogP contribution is 2.05. The van der Waals surface area contributed by atoms with Crippen LogP contribution in [0.15, 0.2) is 18.3 Å². The molecule has 3 heteroatoms. The van der Waals surface area contributed by atoms with Gasteiger partial charge in [-0.2, -0.15) is 0 Å². The van der Waals surface area contributed by atoms with E-state index in [-0.39, 0.29) is 12.4 Å². The second kappa shape index (κ2) is 3.70. The van der Waals surface area contributed by atoms with Crippen LogP contribution in [0, 0.1) is 6.92 Å². The van der Waals surface area contributed by atoms with Crippen molar-refractivity contribution in [1.82, 2.24) is 4.98 Å². The average Bonchev–Trinajstić information content (AvgIpc) is 1.64. The number of halogens is 2. The number of pyridine rings is 1. The Balaban J connectivity index is 0.000000640. The molecule has 0 saturated heterocycles. The SMILES string of the molecule is Cc1cc(Cl)ccn1.Cl. The van der Waals surface area contributed by atoms with Gasteiger partial charge in [-0.25, -0.2) is 0 Å². The summed E-state index contributed by atoms with van der Waals surface area (Å²) in [5.74, 6) is 0. The van der Waals surface area contributed by atoms with Gasteiger partial charge in [-0.1, -0.05) is 11.6 Å². The molecule has 0 spiro atoms. The molecule has 1 nitrogen and oxygen atoms in total. The van der Waals surface area contributed by atoms with E-state index in [4.69, 9.17) is 11.6 Å². The first-order valence-corrected chi connectivity index (χ1v) is 2.75. The molecule has 0 radical (unpaired) electrons. The zero-order valence-corrected chi connectivity index (χ0v) is 6.54. The fourth-order valence-corrected chi connectivity index (χ4v) is 0.725. The zero-order chi connectivity index (χ0) is 5.98. The first-order valence-electron chi connectivity index (χ1n) is 2.37. The third-order valence-electron chi connectivity index (χ3n) is 0.859. The van der Waals surface area contributed by atoms with E-state index in [2.05, 4.69) is 4.98 Å². The summed E-state index contributed by atoms with van der Waals surface area (Å²) in [6.07, 6.45) is 1.69. The molecule has 0 fully saturated rings. The molecule has 1 rings (SSSR count). The van der Waals surface area contributed by atoms with Gasteiger partial charge in [0.25, 0.3) is 0 Å². The number of nitrogens with zero attached hydrogens (tertiary/aromatic N) is 1. The Morgan fingerprint density at radius 2 is 2.22 bits per heavy atom. The van der Waals surface area contributed by atoms with Gasteiger partial charge in [0.2, 0.25) is 0 Å². The molecule has 0 atom stereocenters. The smallest absolute Gasteiger partial charge is 0.0439 e. The maximum atomic E-state index is 5.60. The molecule has 50 valence electrons. The van der Waals surface area contributed by atoms with Crippen LogP contribution in [-0.4, -0.2) is 4.98 Å². The lowest BCUT2D eigenvalue weighted by Crippen LogP contribution is -1.75. The molecule has 1 aromatic rings. The van der Waals surface area contributed by atoms with Crippen molar-refractivity contribution in [3.8, 4) is 0 Å². The first-order chi connectivity index (χ1) is 3.79. The molecular formula is C6H7Cl2N. The molecule has 1 heterocycles. The van der Waals surface area contributed by atoms with E-state index in [9.17, 15) is 0 Å². The van der Waals surface area contributed by atoms with Crippen LogP contribution in [0.25, 0.3) is 0 Å². The summed E-state index contributed by atoms with van der Waals surface area (Å²) in [4.78, 5) is 3.96. The lowest BCUT2D eigenvalue weighted by molar-refractivity contribution is 1.20. The summed E-state index contributed by atoms with van der Waals surface area (Å²) >= 11 is 5.60. The van der Waals surface area contributed by atoms with Crippen LogP contribution in [0.2, 0.25) is 5.02 Å². The predicted molar refractivity (Wildman–Crippen MR) is 41.2 cm³/mol. The van der Waals surface area contributed by atoms with Crippen LogP contribution in [0.5, 0.6) is 0 Å². The zero-order valence-electron chi connectivity index (χ0n) is 4.97. The van der Waals surface area contributed by atoms with E-state index in [1.807, 2.05) is 13.0 Å². The number of hydrogen-bond acceptors (Lipinski definition) is 1. The Morgan fingerprint density at radius 3 is 2.56 bits per heavy atom. The Bertz CT molecular complexity index is 171. The predicted octanol–water partition coefficient (Wildman–Crippen LogP) is 2.47. The summed E-state index contributed by atoms with van der Waals surface area (Å²) in [5.41, 5.74) is 0.956. The molecular weight excluding hydrogens is 157 g/mol. The van der Waals surface area contributed by atoms with Gasteiger partial charge < -0.3 is 0 Å². The van der Waals surface area contributed by atoms with Gasteiger partial charge in [0.15, 0.2) is 0 Å². The normalized spacial score (nSPS) is 8.22. The average molecular weight is 164 g/mol. The number of hydrogen-bond donors (Lipinski definition) is 0. The van der Waals surface area contributed by atoms with Gasteiger partial charge in [-0.15, -0.1) is 12.4 Å². The van der Waals surface area contributed by atoms with Crippen molar-refractivity contribution < 1.29 is 0 Å². The Kier molecular flexibility index (Phi) is 3.59. The lowest BCUT2D eigenvalue weighted by Gasteiger charge is -1.88. The van der Waals surface area contributed by atoms with Crippen molar-refractivity contribution in [1.29, 1.82) is 0 Å². The van der Waals surface area contributed by atoms with Crippen molar-refractivity contribution in [3.63, 3.8) is 0 Å². The second-order valence-electron chi connectivity index (χ2n) is 1.62. The third-order valence-corrected chi connectivity index (χ3v) is 1.09. The maximum Gasteiger partial charge on any atom is 0.0439 e. The molecule has 1 aromatic heterocycles. The van der Waals surface area contributed by atoms with Crippen LogP contribution in [0.4, 0.5) is 0 Å². The van der Waals surface area contributed by atoms with Crippen LogP contribution >= 0.6 is 24.0 Å². The molecule has 0 aliphatic heterocycles. The van der Waals surface area contributed by atoms with Gasteiger partial charge in [0.1, 0.15) is 0 Å². The lowest BCUT2D eigenvalue weighted by atomic mass is 10.4. The molecule has 0 amide bonds. The minimum atomic E-state index is 0. The minimum Gasteiger partial charge on any atom is -0.262 e. The minimum absolute atomic E-state index is 0. The molecule has 0 saturated carbocycles. The topological polar surface area (TPSA) is 12.9 Å². The molecule has 0 aliphatic carbocycles. The first kappa shape index (κ1) is 8.73. The van der Waals surface area contributed by atoms with Gasteiger partial charge in [-0.3, -0.25) is 4.98 Å².